The van der Waals surface area contributed by atoms with Gasteiger partial charge < -0.3 is 10.2 Å². The molecule has 2 aromatic rings. The van der Waals surface area contributed by atoms with E-state index in [-0.39, 0.29) is 0 Å². The number of benzene rings is 1. The molecule has 0 bridgehead atoms. The topological polar surface area (TPSA) is 28.2 Å². The van der Waals surface area contributed by atoms with E-state index >= 15 is 0 Å². The molecule has 0 amide bonds. The highest BCUT2D eigenvalue weighted by Crippen LogP contribution is 2.24. The van der Waals surface area contributed by atoms with Gasteiger partial charge in [-0.1, -0.05) is 24.3 Å². The Kier molecular flexibility index (Phi) is 3.70. The highest BCUT2D eigenvalue weighted by molar-refractivity contribution is 5.46. The van der Waals surface area contributed by atoms with Gasteiger partial charge in [-0.25, -0.2) is 4.98 Å². The van der Waals surface area contributed by atoms with Gasteiger partial charge in [-0.05, 0) is 49.2 Å². The van der Waals surface area contributed by atoms with Gasteiger partial charge in [0, 0.05) is 25.3 Å². The number of hydrogen-bond donors (Lipinski definition) is 1. The number of anilines is 1. The number of nitrogens with zero attached hydrogens (tertiary/aromatic N) is 2. The van der Waals surface area contributed by atoms with Crippen molar-refractivity contribution in [1.82, 2.24) is 10.3 Å². The molecule has 1 aliphatic heterocycles. The van der Waals surface area contributed by atoms with Crippen molar-refractivity contribution in [3.8, 4) is 0 Å². The van der Waals surface area contributed by atoms with Crippen LogP contribution in [0.3, 0.4) is 0 Å². The summed E-state index contributed by atoms with van der Waals surface area (Å²) in [6.07, 6.45) is 1.10. The molecule has 0 radical (unpaired) electrons. The average molecular weight is 267 g/mol. The van der Waals surface area contributed by atoms with Crippen LogP contribution in [-0.4, -0.2) is 18.6 Å². The van der Waals surface area contributed by atoms with Gasteiger partial charge >= 0.3 is 0 Å². The average Bonchev–Trinajstić information content (AvgIpc) is 2.46. The minimum atomic E-state index is 0.890. The maximum atomic E-state index is 4.71. The van der Waals surface area contributed by atoms with Gasteiger partial charge in [-0.2, -0.15) is 0 Å². The molecule has 3 nitrogen and oxygen atoms in total. The summed E-state index contributed by atoms with van der Waals surface area (Å²) in [6, 6.07) is 13.1. The van der Waals surface area contributed by atoms with Crippen molar-refractivity contribution in [3.05, 3.63) is 58.8 Å². The minimum Gasteiger partial charge on any atom is -0.352 e. The molecule has 1 aliphatic rings. The first-order valence-electron chi connectivity index (χ1n) is 7.20. The summed E-state index contributed by atoms with van der Waals surface area (Å²) >= 11 is 0. The quantitative estimate of drug-likeness (QED) is 0.926. The summed E-state index contributed by atoms with van der Waals surface area (Å²) in [4.78, 5) is 7.09. The Morgan fingerprint density at radius 3 is 2.80 bits per heavy atom. The molecule has 0 aliphatic carbocycles. The van der Waals surface area contributed by atoms with Crippen LogP contribution in [0, 0.1) is 6.92 Å². The van der Waals surface area contributed by atoms with Gasteiger partial charge in [0.2, 0.25) is 0 Å². The van der Waals surface area contributed by atoms with Crippen LogP contribution in [0.1, 0.15) is 22.4 Å². The molecule has 0 unspecified atom stereocenters. The van der Waals surface area contributed by atoms with Crippen LogP contribution in [0.4, 0.5) is 5.82 Å². The normalized spacial score (nSPS) is 14.2. The van der Waals surface area contributed by atoms with E-state index in [1.165, 1.54) is 16.7 Å². The highest BCUT2D eigenvalue weighted by Gasteiger charge is 2.17. The molecule has 1 aromatic carbocycles. The summed E-state index contributed by atoms with van der Waals surface area (Å²) in [5.74, 6) is 1.10. The van der Waals surface area contributed by atoms with Gasteiger partial charge in [-0.3, -0.25) is 0 Å². The Morgan fingerprint density at radius 2 is 2.00 bits per heavy atom. The van der Waals surface area contributed by atoms with Crippen LogP contribution in [0.25, 0.3) is 0 Å². The van der Waals surface area contributed by atoms with E-state index in [2.05, 4.69) is 53.5 Å². The third kappa shape index (κ3) is 2.68. The Balaban J connectivity index is 1.87. The van der Waals surface area contributed by atoms with Crippen LogP contribution in [0.15, 0.2) is 36.4 Å². The van der Waals surface area contributed by atoms with Crippen molar-refractivity contribution in [2.24, 2.45) is 0 Å². The van der Waals surface area contributed by atoms with Crippen LogP contribution in [0.5, 0.6) is 0 Å². The lowest BCUT2D eigenvalue weighted by Gasteiger charge is -2.30. The Morgan fingerprint density at radius 1 is 1.20 bits per heavy atom. The molecule has 0 atom stereocenters. The SMILES string of the molecule is CNCc1cc(C)nc(N2CCc3ccccc3C2)c1. The van der Waals surface area contributed by atoms with Crippen molar-refractivity contribution in [2.75, 3.05) is 18.5 Å². The fraction of sp³-hybridized carbons (Fsp3) is 0.353. The Bertz CT molecular complexity index is 607. The van der Waals surface area contributed by atoms with E-state index in [1.54, 1.807) is 0 Å². The van der Waals surface area contributed by atoms with Crippen molar-refractivity contribution >= 4 is 5.82 Å². The number of aromatic nitrogens is 1. The summed E-state index contributed by atoms with van der Waals surface area (Å²) in [6.45, 7) is 4.97. The molecule has 3 heteroatoms. The van der Waals surface area contributed by atoms with Gasteiger partial charge in [0.05, 0.1) is 0 Å². The third-order valence-electron chi connectivity index (χ3n) is 3.84. The lowest BCUT2D eigenvalue weighted by Crippen LogP contribution is -2.31. The summed E-state index contributed by atoms with van der Waals surface area (Å²) in [5.41, 5.74) is 5.30. The number of pyridine rings is 1. The number of rotatable bonds is 3. The second kappa shape index (κ2) is 5.63. The largest absolute Gasteiger partial charge is 0.352 e. The second-order valence-corrected chi connectivity index (χ2v) is 5.45. The molecule has 2 heterocycles. The molecule has 20 heavy (non-hydrogen) atoms. The smallest absolute Gasteiger partial charge is 0.129 e. The molecule has 0 saturated carbocycles. The van der Waals surface area contributed by atoms with Crippen molar-refractivity contribution in [1.29, 1.82) is 0 Å². The molecule has 0 spiro atoms. The van der Waals surface area contributed by atoms with E-state index in [1.807, 2.05) is 7.05 Å². The monoisotopic (exact) mass is 267 g/mol. The second-order valence-electron chi connectivity index (χ2n) is 5.45. The Hall–Kier alpha value is -1.87. The van der Waals surface area contributed by atoms with E-state index in [0.29, 0.717) is 0 Å². The van der Waals surface area contributed by atoms with Crippen LogP contribution in [0.2, 0.25) is 0 Å². The van der Waals surface area contributed by atoms with Crippen molar-refractivity contribution < 1.29 is 0 Å². The van der Waals surface area contributed by atoms with E-state index in [4.69, 9.17) is 4.98 Å². The standard InChI is InChI=1S/C17H21N3/c1-13-9-14(11-18-2)10-17(19-13)20-8-7-15-5-3-4-6-16(15)12-20/h3-6,9-10,18H,7-8,11-12H2,1-2H3. The van der Waals surface area contributed by atoms with Crippen molar-refractivity contribution in [3.63, 3.8) is 0 Å². The molecular formula is C17H21N3. The van der Waals surface area contributed by atoms with E-state index < -0.39 is 0 Å². The number of fused-ring (bicyclic) bond motifs is 1. The van der Waals surface area contributed by atoms with Crippen LogP contribution < -0.4 is 10.2 Å². The highest BCUT2D eigenvalue weighted by atomic mass is 15.2. The molecule has 1 N–H and O–H groups in total. The maximum absolute atomic E-state index is 4.71. The first kappa shape index (κ1) is 13.1. The summed E-state index contributed by atoms with van der Waals surface area (Å²) in [7, 11) is 1.98. The van der Waals surface area contributed by atoms with E-state index in [9.17, 15) is 0 Å². The van der Waals surface area contributed by atoms with Gasteiger partial charge in [-0.15, -0.1) is 0 Å². The Labute approximate surface area is 120 Å². The molecule has 104 valence electrons. The zero-order valence-electron chi connectivity index (χ0n) is 12.2. The van der Waals surface area contributed by atoms with Crippen LogP contribution in [-0.2, 0) is 19.5 Å². The molecular weight excluding hydrogens is 246 g/mol. The van der Waals surface area contributed by atoms with Gasteiger partial charge in [0.15, 0.2) is 0 Å². The third-order valence-corrected chi connectivity index (χ3v) is 3.84. The van der Waals surface area contributed by atoms with Crippen LogP contribution >= 0.6 is 0 Å². The van der Waals surface area contributed by atoms with Gasteiger partial charge in [0.1, 0.15) is 5.82 Å². The molecule has 3 rings (SSSR count). The van der Waals surface area contributed by atoms with E-state index in [0.717, 1.165) is 37.6 Å². The fourth-order valence-corrected chi connectivity index (χ4v) is 2.88. The first-order chi connectivity index (χ1) is 9.76. The summed E-state index contributed by atoms with van der Waals surface area (Å²) < 4.78 is 0. The minimum absolute atomic E-state index is 0.890. The molecule has 1 aromatic heterocycles. The molecule has 0 fully saturated rings. The predicted molar refractivity (Wildman–Crippen MR) is 82.9 cm³/mol. The fourth-order valence-electron chi connectivity index (χ4n) is 2.88. The zero-order valence-corrected chi connectivity index (χ0v) is 12.2. The zero-order chi connectivity index (χ0) is 13.9. The van der Waals surface area contributed by atoms with Crippen molar-refractivity contribution in [2.45, 2.75) is 26.4 Å². The number of aryl methyl sites for hydroxylation is 1. The lowest BCUT2D eigenvalue weighted by molar-refractivity contribution is 0.716. The predicted octanol–water partition coefficient (Wildman–Crippen LogP) is 2.67. The number of nitrogens with one attached hydrogen (secondary N) is 1. The summed E-state index contributed by atoms with van der Waals surface area (Å²) in [5, 5.41) is 3.21. The molecule has 0 saturated heterocycles. The number of hydrogen-bond acceptors (Lipinski definition) is 3. The van der Waals surface area contributed by atoms with Gasteiger partial charge in [0.25, 0.3) is 0 Å². The lowest BCUT2D eigenvalue weighted by atomic mass is 10.00. The maximum Gasteiger partial charge on any atom is 0.129 e. The first-order valence-corrected chi connectivity index (χ1v) is 7.20.